The van der Waals surface area contributed by atoms with Crippen molar-refractivity contribution >= 4 is 23.2 Å². The Morgan fingerprint density at radius 1 is 1.19 bits per heavy atom. The number of nitrogens with zero attached hydrogens (tertiary/aromatic N) is 4. The Kier molecular flexibility index (Phi) is 5.63. The van der Waals surface area contributed by atoms with E-state index in [1.54, 1.807) is 12.1 Å². The molecule has 1 aromatic heterocycles. The number of anilines is 1. The summed E-state index contributed by atoms with van der Waals surface area (Å²) in [5.41, 5.74) is 2.74. The molecule has 134 valence electrons. The predicted octanol–water partition coefficient (Wildman–Crippen LogP) is 4.15. The molecule has 2 aromatic carbocycles. The predicted molar refractivity (Wildman–Crippen MR) is 102 cm³/mol. The Balaban J connectivity index is 1.69. The third kappa shape index (κ3) is 4.26. The van der Waals surface area contributed by atoms with Crippen molar-refractivity contribution in [3.8, 4) is 11.4 Å². The molecule has 0 saturated carbocycles. The normalized spacial score (nSPS) is 12.0. The van der Waals surface area contributed by atoms with Gasteiger partial charge in [-0.3, -0.25) is 4.79 Å². The van der Waals surface area contributed by atoms with Crippen LogP contribution < -0.4 is 5.32 Å². The molecule has 0 unspecified atom stereocenters. The number of halogens is 1. The maximum atomic E-state index is 12.4. The molecule has 0 aliphatic heterocycles. The minimum Gasteiger partial charge on any atom is -0.324 e. The quantitative estimate of drug-likeness (QED) is 0.708. The molecule has 1 heterocycles. The van der Waals surface area contributed by atoms with Gasteiger partial charge in [-0.1, -0.05) is 43.6 Å². The summed E-state index contributed by atoms with van der Waals surface area (Å²) in [5.74, 6) is 0.628. The van der Waals surface area contributed by atoms with Crippen LogP contribution in [0.5, 0.6) is 0 Å². The van der Waals surface area contributed by atoms with Gasteiger partial charge >= 0.3 is 0 Å². The van der Waals surface area contributed by atoms with E-state index in [-0.39, 0.29) is 12.5 Å². The van der Waals surface area contributed by atoms with Gasteiger partial charge in [0.1, 0.15) is 6.54 Å². The largest absolute Gasteiger partial charge is 0.324 e. The molecule has 3 aromatic rings. The number of rotatable bonds is 6. The fraction of sp³-hybridized carbons (Fsp3) is 0.263. The van der Waals surface area contributed by atoms with E-state index >= 15 is 0 Å². The average molecular weight is 370 g/mol. The fourth-order valence-corrected chi connectivity index (χ4v) is 2.73. The minimum atomic E-state index is -0.194. The zero-order valence-electron chi connectivity index (χ0n) is 14.7. The number of aromatic nitrogens is 4. The Morgan fingerprint density at radius 3 is 2.65 bits per heavy atom. The van der Waals surface area contributed by atoms with Gasteiger partial charge in [0.2, 0.25) is 11.7 Å². The number of benzene rings is 2. The number of carbonyl (C=O) groups is 1. The van der Waals surface area contributed by atoms with E-state index in [0.717, 1.165) is 23.2 Å². The molecule has 26 heavy (non-hydrogen) atoms. The lowest BCUT2D eigenvalue weighted by molar-refractivity contribution is -0.117. The maximum absolute atomic E-state index is 12.4. The van der Waals surface area contributed by atoms with E-state index in [1.165, 1.54) is 4.80 Å². The molecule has 0 spiro atoms. The zero-order chi connectivity index (χ0) is 18.5. The first kappa shape index (κ1) is 18.1. The lowest BCUT2D eigenvalue weighted by Crippen LogP contribution is -2.21. The van der Waals surface area contributed by atoms with Crippen LogP contribution in [0.15, 0.2) is 48.5 Å². The number of amides is 1. The fourth-order valence-electron chi connectivity index (χ4n) is 2.60. The number of tetrazole rings is 1. The summed E-state index contributed by atoms with van der Waals surface area (Å²) in [6.45, 7) is 4.26. The molecule has 1 amide bonds. The van der Waals surface area contributed by atoms with Crippen molar-refractivity contribution < 1.29 is 4.79 Å². The summed E-state index contributed by atoms with van der Waals surface area (Å²) in [5, 5.41) is 15.8. The third-order valence-electron chi connectivity index (χ3n) is 4.22. The summed E-state index contributed by atoms with van der Waals surface area (Å²) in [4.78, 5) is 13.7. The van der Waals surface area contributed by atoms with E-state index in [9.17, 15) is 4.79 Å². The van der Waals surface area contributed by atoms with Gasteiger partial charge in [0.15, 0.2) is 0 Å². The van der Waals surface area contributed by atoms with Crippen molar-refractivity contribution in [2.45, 2.75) is 32.7 Å². The molecule has 0 bridgehead atoms. The second-order valence-electron chi connectivity index (χ2n) is 6.10. The molecule has 1 atom stereocenters. The van der Waals surface area contributed by atoms with Gasteiger partial charge in [-0.15, -0.1) is 10.2 Å². The summed E-state index contributed by atoms with van der Waals surface area (Å²) < 4.78 is 0. The molecule has 0 saturated heterocycles. The highest BCUT2D eigenvalue weighted by molar-refractivity contribution is 6.30. The molecule has 1 N–H and O–H groups in total. The zero-order valence-corrected chi connectivity index (χ0v) is 15.4. The second-order valence-corrected chi connectivity index (χ2v) is 6.53. The van der Waals surface area contributed by atoms with Gasteiger partial charge in [-0.05, 0) is 53.4 Å². The van der Waals surface area contributed by atoms with Gasteiger partial charge in [-0.2, -0.15) is 4.80 Å². The molecule has 0 fully saturated rings. The van der Waals surface area contributed by atoms with Crippen molar-refractivity contribution in [3.63, 3.8) is 0 Å². The molecule has 0 radical (unpaired) electrons. The van der Waals surface area contributed by atoms with Gasteiger partial charge in [0, 0.05) is 16.3 Å². The molecular formula is C19H20ClN5O. The van der Waals surface area contributed by atoms with E-state index in [1.807, 2.05) is 36.4 Å². The van der Waals surface area contributed by atoms with Gasteiger partial charge in [0.05, 0.1) is 0 Å². The average Bonchev–Trinajstić information content (AvgIpc) is 3.10. The van der Waals surface area contributed by atoms with E-state index in [0.29, 0.717) is 16.8 Å². The van der Waals surface area contributed by atoms with Gasteiger partial charge in [-0.25, -0.2) is 0 Å². The number of para-hydroxylation sites is 1. The van der Waals surface area contributed by atoms with Crippen molar-refractivity contribution in [1.29, 1.82) is 0 Å². The Hall–Kier alpha value is -2.73. The monoisotopic (exact) mass is 369 g/mol. The Morgan fingerprint density at radius 2 is 1.92 bits per heavy atom. The van der Waals surface area contributed by atoms with E-state index in [2.05, 4.69) is 34.6 Å². The standard InChI is InChI=1S/C19H20ClN5O/c1-3-13(2)16-6-4-5-7-17(16)21-18(26)12-25-23-19(22-24-25)14-8-10-15(20)11-9-14/h4-11,13H,3,12H2,1-2H3,(H,21,26)/t13-/m1/s1. The smallest absolute Gasteiger partial charge is 0.248 e. The summed E-state index contributed by atoms with van der Waals surface area (Å²) in [6, 6.07) is 15.0. The number of carbonyl (C=O) groups excluding carboxylic acids is 1. The maximum Gasteiger partial charge on any atom is 0.248 e. The highest BCUT2D eigenvalue weighted by atomic mass is 35.5. The summed E-state index contributed by atoms with van der Waals surface area (Å²) >= 11 is 5.88. The van der Waals surface area contributed by atoms with Crippen LogP contribution in [0.2, 0.25) is 5.02 Å². The molecule has 3 rings (SSSR count). The van der Waals surface area contributed by atoms with Crippen molar-refractivity contribution in [1.82, 2.24) is 20.2 Å². The topological polar surface area (TPSA) is 72.7 Å². The van der Waals surface area contributed by atoms with Crippen LogP contribution >= 0.6 is 11.6 Å². The van der Waals surface area contributed by atoms with Crippen LogP contribution in [0, 0.1) is 0 Å². The first-order chi connectivity index (χ1) is 12.6. The SMILES string of the molecule is CC[C@@H](C)c1ccccc1NC(=O)Cn1nnc(-c2ccc(Cl)cc2)n1. The van der Waals surface area contributed by atoms with Crippen molar-refractivity contribution in [2.75, 3.05) is 5.32 Å². The van der Waals surface area contributed by atoms with Crippen molar-refractivity contribution in [3.05, 3.63) is 59.1 Å². The van der Waals surface area contributed by atoms with E-state index < -0.39 is 0 Å². The van der Waals surface area contributed by atoms with Crippen LogP contribution in [0.4, 0.5) is 5.69 Å². The minimum absolute atomic E-state index is 0.00453. The molecule has 0 aliphatic rings. The number of hydrogen-bond donors (Lipinski definition) is 1. The van der Waals surface area contributed by atoms with Crippen LogP contribution in [-0.4, -0.2) is 26.1 Å². The molecule has 0 aliphatic carbocycles. The van der Waals surface area contributed by atoms with Crippen LogP contribution in [0.1, 0.15) is 31.7 Å². The molecule has 7 heteroatoms. The Labute approximate surface area is 157 Å². The first-order valence-corrected chi connectivity index (χ1v) is 8.87. The van der Waals surface area contributed by atoms with Crippen molar-refractivity contribution in [2.24, 2.45) is 0 Å². The van der Waals surface area contributed by atoms with Crippen LogP contribution in [-0.2, 0) is 11.3 Å². The third-order valence-corrected chi connectivity index (χ3v) is 4.47. The molecular weight excluding hydrogens is 350 g/mol. The first-order valence-electron chi connectivity index (χ1n) is 8.49. The highest BCUT2D eigenvalue weighted by Gasteiger charge is 2.13. The summed E-state index contributed by atoms with van der Waals surface area (Å²) in [6.07, 6.45) is 1.00. The molecule has 6 nitrogen and oxygen atoms in total. The van der Waals surface area contributed by atoms with Crippen LogP contribution in [0.25, 0.3) is 11.4 Å². The lowest BCUT2D eigenvalue weighted by Gasteiger charge is -2.15. The lowest BCUT2D eigenvalue weighted by atomic mass is 9.97. The second kappa shape index (κ2) is 8.10. The highest BCUT2D eigenvalue weighted by Crippen LogP contribution is 2.26. The van der Waals surface area contributed by atoms with Gasteiger partial charge < -0.3 is 5.32 Å². The van der Waals surface area contributed by atoms with E-state index in [4.69, 9.17) is 11.6 Å². The van der Waals surface area contributed by atoms with Crippen LogP contribution in [0.3, 0.4) is 0 Å². The van der Waals surface area contributed by atoms with Gasteiger partial charge in [0.25, 0.3) is 0 Å². The number of nitrogens with one attached hydrogen (secondary N) is 1. The Bertz CT molecular complexity index is 891. The number of hydrogen-bond acceptors (Lipinski definition) is 4. The summed E-state index contributed by atoms with van der Waals surface area (Å²) in [7, 11) is 0.